The predicted octanol–water partition coefficient (Wildman–Crippen LogP) is 2.38. The first-order valence-electron chi connectivity index (χ1n) is 9.99. The van der Waals surface area contributed by atoms with Crippen molar-refractivity contribution in [3.8, 4) is 11.5 Å². The molecule has 148 valence electrons. The van der Waals surface area contributed by atoms with Crippen LogP contribution in [0.25, 0.3) is 0 Å². The van der Waals surface area contributed by atoms with Crippen molar-refractivity contribution >= 4 is 5.96 Å². The number of methoxy groups -OCH3 is 1. The summed E-state index contributed by atoms with van der Waals surface area (Å²) in [6.45, 7) is 8.75. The topological polar surface area (TPSA) is 49.3 Å². The molecule has 27 heavy (non-hydrogen) atoms. The average Bonchev–Trinajstić information content (AvgIpc) is 3.38. The molecule has 0 amide bonds. The Hall–Kier alpha value is -2.21. The Morgan fingerprint density at radius 1 is 1.26 bits per heavy atom. The molecular formula is C21H32N4O2. The zero-order valence-electron chi connectivity index (χ0n) is 16.6. The van der Waals surface area contributed by atoms with Gasteiger partial charge < -0.3 is 19.7 Å². The summed E-state index contributed by atoms with van der Waals surface area (Å²) in [5.74, 6) is 2.69. The second kappa shape index (κ2) is 10.2. The molecule has 1 fully saturated rings. The lowest BCUT2D eigenvalue weighted by Crippen LogP contribution is -2.42. The molecular weight excluding hydrogens is 340 g/mol. The maximum Gasteiger partial charge on any atom is 0.193 e. The Balaban J connectivity index is 1.43. The van der Waals surface area contributed by atoms with Gasteiger partial charge >= 0.3 is 0 Å². The second-order valence-electron chi connectivity index (χ2n) is 6.93. The van der Waals surface area contributed by atoms with Crippen LogP contribution in [0.4, 0.5) is 0 Å². The number of likely N-dealkylation sites (tertiary alicyclic amines) is 1. The quantitative estimate of drug-likeness (QED) is 0.329. The molecule has 0 aromatic heterocycles. The SMILES string of the molecule is CCNC(=NCCCOc1cccc(OC)c1)N1CCC(N2CC=CC2)C1. The van der Waals surface area contributed by atoms with Crippen molar-refractivity contribution in [1.82, 2.24) is 15.1 Å². The highest BCUT2D eigenvalue weighted by atomic mass is 16.5. The summed E-state index contributed by atoms with van der Waals surface area (Å²) in [6.07, 6.45) is 6.64. The van der Waals surface area contributed by atoms with Gasteiger partial charge in [0, 0.05) is 57.8 Å². The minimum Gasteiger partial charge on any atom is -0.497 e. The number of aliphatic imine (C=N–C) groups is 1. The second-order valence-corrected chi connectivity index (χ2v) is 6.93. The molecule has 0 spiro atoms. The van der Waals surface area contributed by atoms with Crippen LogP contribution in [0, 0.1) is 0 Å². The van der Waals surface area contributed by atoms with Gasteiger partial charge in [-0.3, -0.25) is 9.89 Å². The lowest BCUT2D eigenvalue weighted by molar-refractivity contribution is 0.259. The van der Waals surface area contributed by atoms with E-state index in [0.717, 1.165) is 63.1 Å². The standard InChI is InChI=1S/C21H32N4O2/c1-3-22-21(25-14-10-18(17-25)24-12-4-5-13-24)23-11-7-15-27-20-9-6-8-19(16-20)26-2/h4-6,8-9,16,18H,3,7,10-15,17H2,1-2H3,(H,22,23). The summed E-state index contributed by atoms with van der Waals surface area (Å²) in [4.78, 5) is 9.76. The maximum absolute atomic E-state index is 5.80. The molecule has 1 atom stereocenters. The van der Waals surface area contributed by atoms with Crippen LogP contribution < -0.4 is 14.8 Å². The fraction of sp³-hybridized carbons (Fsp3) is 0.571. The van der Waals surface area contributed by atoms with Gasteiger partial charge in [-0.2, -0.15) is 0 Å². The summed E-state index contributed by atoms with van der Waals surface area (Å²) in [7, 11) is 1.67. The van der Waals surface area contributed by atoms with Crippen LogP contribution >= 0.6 is 0 Å². The predicted molar refractivity (Wildman–Crippen MR) is 110 cm³/mol. The third-order valence-electron chi connectivity index (χ3n) is 5.03. The number of benzene rings is 1. The van der Waals surface area contributed by atoms with Crippen molar-refractivity contribution in [2.75, 3.05) is 53.0 Å². The number of nitrogens with zero attached hydrogens (tertiary/aromatic N) is 3. The molecule has 0 aliphatic carbocycles. The molecule has 0 radical (unpaired) electrons. The van der Waals surface area contributed by atoms with Crippen LogP contribution in [0.2, 0.25) is 0 Å². The summed E-state index contributed by atoms with van der Waals surface area (Å²) in [6, 6.07) is 8.36. The monoisotopic (exact) mass is 372 g/mol. The van der Waals surface area contributed by atoms with Gasteiger partial charge in [-0.15, -0.1) is 0 Å². The molecule has 2 aliphatic rings. The Morgan fingerprint density at radius 3 is 2.85 bits per heavy atom. The van der Waals surface area contributed by atoms with Crippen LogP contribution in [0.1, 0.15) is 19.8 Å². The fourth-order valence-electron chi connectivity index (χ4n) is 3.58. The number of nitrogens with one attached hydrogen (secondary N) is 1. The molecule has 0 saturated carbocycles. The third-order valence-corrected chi connectivity index (χ3v) is 5.03. The molecule has 2 heterocycles. The Labute approximate surface area is 162 Å². The first kappa shape index (κ1) is 19.5. The van der Waals surface area contributed by atoms with Crippen LogP contribution in [-0.2, 0) is 0 Å². The van der Waals surface area contributed by atoms with Crippen molar-refractivity contribution < 1.29 is 9.47 Å². The Morgan fingerprint density at radius 2 is 2.07 bits per heavy atom. The van der Waals surface area contributed by atoms with E-state index >= 15 is 0 Å². The highest BCUT2D eigenvalue weighted by Crippen LogP contribution is 2.19. The number of guanidine groups is 1. The zero-order valence-corrected chi connectivity index (χ0v) is 16.6. The molecule has 1 aromatic rings. The molecule has 6 heteroatoms. The van der Waals surface area contributed by atoms with Crippen molar-refractivity contribution in [1.29, 1.82) is 0 Å². The van der Waals surface area contributed by atoms with Crippen molar-refractivity contribution in [2.24, 2.45) is 4.99 Å². The molecule has 0 bridgehead atoms. The van der Waals surface area contributed by atoms with E-state index in [4.69, 9.17) is 14.5 Å². The number of rotatable bonds is 8. The summed E-state index contributed by atoms with van der Waals surface area (Å²) in [5, 5.41) is 3.44. The lowest BCUT2D eigenvalue weighted by atomic mass is 10.2. The van der Waals surface area contributed by atoms with Gasteiger partial charge in [0.1, 0.15) is 11.5 Å². The fourth-order valence-corrected chi connectivity index (χ4v) is 3.58. The van der Waals surface area contributed by atoms with Crippen LogP contribution in [-0.4, -0.2) is 74.8 Å². The van der Waals surface area contributed by atoms with Gasteiger partial charge in [-0.05, 0) is 25.5 Å². The lowest BCUT2D eigenvalue weighted by Gasteiger charge is -2.25. The molecule has 1 saturated heterocycles. The first-order chi connectivity index (χ1) is 13.3. The van der Waals surface area contributed by atoms with Gasteiger partial charge in [0.05, 0.1) is 13.7 Å². The Kier molecular flexibility index (Phi) is 7.39. The van der Waals surface area contributed by atoms with Crippen LogP contribution in [0.15, 0.2) is 41.4 Å². The van der Waals surface area contributed by atoms with E-state index < -0.39 is 0 Å². The number of hydrogen-bond donors (Lipinski definition) is 1. The van der Waals surface area contributed by atoms with Gasteiger partial charge in [0.2, 0.25) is 0 Å². The largest absolute Gasteiger partial charge is 0.497 e. The molecule has 6 nitrogen and oxygen atoms in total. The van der Waals surface area contributed by atoms with E-state index in [9.17, 15) is 0 Å². The number of ether oxygens (including phenoxy) is 2. The molecule has 1 unspecified atom stereocenters. The molecule has 3 rings (SSSR count). The van der Waals surface area contributed by atoms with Crippen molar-refractivity contribution in [3.05, 3.63) is 36.4 Å². The van der Waals surface area contributed by atoms with Crippen LogP contribution in [0.3, 0.4) is 0 Å². The summed E-state index contributed by atoms with van der Waals surface area (Å²) >= 11 is 0. The highest BCUT2D eigenvalue weighted by molar-refractivity contribution is 5.80. The van der Waals surface area contributed by atoms with Gasteiger partial charge in [-0.1, -0.05) is 18.2 Å². The normalized spacial score (nSPS) is 20.3. The van der Waals surface area contributed by atoms with Crippen LogP contribution in [0.5, 0.6) is 11.5 Å². The smallest absolute Gasteiger partial charge is 0.193 e. The Bertz CT molecular complexity index is 639. The highest BCUT2D eigenvalue weighted by Gasteiger charge is 2.29. The molecule has 1 N–H and O–H groups in total. The third kappa shape index (κ3) is 5.63. The van der Waals surface area contributed by atoms with E-state index in [1.807, 2.05) is 24.3 Å². The van der Waals surface area contributed by atoms with Crippen molar-refractivity contribution in [3.63, 3.8) is 0 Å². The van der Waals surface area contributed by atoms with Gasteiger partial charge in [-0.25, -0.2) is 0 Å². The molecule has 2 aliphatic heterocycles. The van der Waals surface area contributed by atoms with E-state index in [0.29, 0.717) is 12.6 Å². The molecule has 1 aromatic carbocycles. The minimum atomic E-state index is 0.639. The summed E-state index contributed by atoms with van der Waals surface area (Å²) < 4.78 is 11.0. The summed E-state index contributed by atoms with van der Waals surface area (Å²) in [5.41, 5.74) is 0. The van der Waals surface area contributed by atoms with E-state index in [1.165, 1.54) is 6.42 Å². The first-order valence-corrected chi connectivity index (χ1v) is 9.99. The van der Waals surface area contributed by atoms with Crippen molar-refractivity contribution in [2.45, 2.75) is 25.8 Å². The zero-order chi connectivity index (χ0) is 18.9. The van der Waals surface area contributed by atoms with Gasteiger partial charge in [0.25, 0.3) is 0 Å². The number of hydrogen-bond acceptors (Lipinski definition) is 4. The van der Waals surface area contributed by atoms with E-state index in [1.54, 1.807) is 7.11 Å². The van der Waals surface area contributed by atoms with Gasteiger partial charge in [0.15, 0.2) is 5.96 Å². The minimum absolute atomic E-state index is 0.639. The van der Waals surface area contributed by atoms with E-state index in [-0.39, 0.29) is 0 Å². The maximum atomic E-state index is 5.80. The van der Waals surface area contributed by atoms with E-state index in [2.05, 4.69) is 34.2 Å². The average molecular weight is 373 g/mol.